The first kappa shape index (κ1) is 11.5. The third-order valence-electron chi connectivity index (χ3n) is 3.09. The fourth-order valence-electron chi connectivity index (χ4n) is 2.23. The van der Waals surface area contributed by atoms with Crippen molar-refractivity contribution in [3.05, 3.63) is 65.2 Å². The average molecular weight is 251 g/mol. The van der Waals surface area contributed by atoms with E-state index in [1.54, 1.807) is 0 Å². The summed E-state index contributed by atoms with van der Waals surface area (Å²) in [6.07, 6.45) is 4.20. The molecule has 3 heteroatoms. The molecule has 0 spiro atoms. The summed E-state index contributed by atoms with van der Waals surface area (Å²) in [5, 5.41) is 11.7. The highest BCUT2D eigenvalue weighted by atomic mass is 16.5. The van der Waals surface area contributed by atoms with Gasteiger partial charge in [-0.3, -0.25) is 0 Å². The van der Waals surface area contributed by atoms with Crippen molar-refractivity contribution in [1.82, 2.24) is 0 Å². The lowest BCUT2D eigenvalue weighted by Crippen LogP contribution is -1.92. The Balaban J connectivity index is 1.90. The van der Waals surface area contributed by atoms with Gasteiger partial charge in [-0.2, -0.15) is 0 Å². The van der Waals surface area contributed by atoms with Gasteiger partial charge in [-0.15, -0.1) is 0 Å². The van der Waals surface area contributed by atoms with E-state index in [0.717, 1.165) is 34.6 Å². The first-order chi connectivity index (χ1) is 9.36. The van der Waals surface area contributed by atoms with E-state index < -0.39 is 0 Å². The van der Waals surface area contributed by atoms with Gasteiger partial charge >= 0.3 is 0 Å². The van der Waals surface area contributed by atoms with Gasteiger partial charge in [0.2, 0.25) is 0 Å². The number of hydrogen-bond donors (Lipinski definition) is 1. The van der Waals surface area contributed by atoms with Gasteiger partial charge in [0.1, 0.15) is 11.5 Å². The highest BCUT2D eigenvalue weighted by Gasteiger charge is 2.16. The van der Waals surface area contributed by atoms with Crippen LogP contribution in [0.15, 0.2) is 59.3 Å². The van der Waals surface area contributed by atoms with Crippen molar-refractivity contribution in [2.24, 2.45) is 5.16 Å². The molecule has 2 aromatic rings. The van der Waals surface area contributed by atoms with Crippen molar-refractivity contribution in [2.45, 2.75) is 6.42 Å². The summed E-state index contributed by atoms with van der Waals surface area (Å²) in [7, 11) is 0. The topological polar surface area (TPSA) is 41.8 Å². The van der Waals surface area contributed by atoms with Crippen LogP contribution < -0.4 is 4.74 Å². The Bertz CT molecular complexity index is 645. The Kier molecular flexibility index (Phi) is 3.02. The number of allylic oxidation sites excluding steroid dienone is 1. The Morgan fingerprint density at radius 2 is 1.89 bits per heavy atom. The molecule has 0 unspecified atom stereocenters. The van der Waals surface area contributed by atoms with Gasteiger partial charge in [0.15, 0.2) is 0 Å². The van der Waals surface area contributed by atoms with Crippen LogP contribution in [0, 0.1) is 0 Å². The monoisotopic (exact) mass is 251 g/mol. The molecule has 0 heterocycles. The maximum Gasteiger partial charge on any atom is 0.131 e. The van der Waals surface area contributed by atoms with Gasteiger partial charge in [0.05, 0.1) is 6.21 Å². The van der Waals surface area contributed by atoms with Gasteiger partial charge in [0.25, 0.3) is 0 Å². The minimum atomic E-state index is 0.725. The van der Waals surface area contributed by atoms with Crippen LogP contribution in [0.4, 0.5) is 0 Å². The van der Waals surface area contributed by atoms with Crippen molar-refractivity contribution in [3.63, 3.8) is 0 Å². The van der Waals surface area contributed by atoms with E-state index in [9.17, 15) is 0 Å². The molecule has 94 valence electrons. The van der Waals surface area contributed by atoms with Crippen molar-refractivity contribution < 1.29 is 9.94 Å². The second kappa shape index (κ2) is 4.98. The zero-order valence-electron chi connectivity index (χ0n) is 10.3. The number of fused-ring (bicyclic) bond motifs is 1. The van der Waals surface area contributed by atoms with Crippen LogP contribution in [0.5, 0.6) is 11.5 Å². The fourth-order valence-corrected chi connectivity index (χ4v) is 2.23. The lowest BCUT2D eigenvalue weighted by Gasteiger charge is -2.10. The quantitative estimate of drug-likeness (QED) is 0.511. The first-order valence-corrected chi connectivity index (χ1v) is 6.09. The fraction of sp³-hybridized carbons (Fsp3) is 0.0625. The van der Waals surface area contributed by atoms with Crippen LogP contribution in [0.3, 0.4) is 0 Å². The van der Waals surface area contributed by atoms with E-state index in [1.807, 2.05) is 54.6 Å². The van der Waals surface area contributed by atoms with E-state index in [4.69, 9.17) is 9.94 Å². The maximum absolute atomic E-state index is 8.61. The second-order valence-electron chi connectivity index (χ2n) is 4.38. The van der Waals surface area contributed by atoms with E-state index in [0.29, 0.717) is 0 Å². The van der Waals surface area contributed by atoms with Gasteiger partial charge in [-0.05, 0) is 35.4 Å². The molecule has 0 fully saturated rings. The van der Waals surface area contributed by atoms with E-state index in [-0.39, 0.29) is 0 Å². The maximum atomic E-state index is 8.61. The summed E-state index contributed by atoms with van der Waals surface area (Å²) in [4.78, 5) is 0. The molecule has 2 aromatic carbocycles. The smallest absolute Gasteiger partial charge is 0.131 e. The van der Waals surface area contributed by atoms with E-state index >= 15 is 0 Å². The molecule has 0 saturated heterocycles. The minimum absolute atomic E-state index is 0.725. The number of hydrogen-bond acceptors (Lipinski definition) is 3. The molecule has 0 radical (unpaired) electrons. The molecule has 3 nitrogen and oxygen atoms in total. The third kappa shape index (κ3) is 2.36. The van der Waals surface area contributed by atoms with Crippen LogP contribution in [0.1, 0.15) is 11.1 Å². The van der Waals surface area contributed by atoms with Crippen molar-refractivity contribution in [2.75, 3.05) is 0 Å². The summed E-state index contributed by atoms with van der Waals surface area (Å²) in [6, 6.07) is 15.7. The van der Waals surface area contributed by atoms with E-state index in [1.165, 1.54) is 6.21 Å². The molecule has 1 aliphatic carbocycles. The zero-order valence-corrected chi connectivity index (χ0v) is 10.3. The molecular formula is C16H13NO2. The number of rotatable bonds is 3. The molecule has 19 heavy (non-hydrogen) atoms. The van der Waals surface area contributed by atoms with Crippen LogP contribution in [-0.4, -0.2) is 11.4 Å². The van der Waals surface area contributed by atoms with Gasteiger partial charge in [-0.25, -0.2) is 0 Å². The van der Waals surface area contributed by atoms with Crippen LogP contribution in [-0.2, 0) is 6.42 Å². The summed E-state index contributed by atoms with van der Waals surface area (Å²) < 4.78 is 5.91. The van der Waals surface area contributed by atoms with Crippen LogP contribution in [0.2, 0.25) is 0 Å². The van der Waals surface area contributed by atoms with E-state index in [2.05, 4.69) is 5.16 Å². The molecule has 0 aliphatic heterocycles. The number of ether oxygens (including phenoxy) is 1. The SMILES string of the molecule is O/N=C/C1=Cc2cccc(Oc3ccccc3)c2C1. The average Bonchev–Trinajstić information content (AvgIpc) is 2.84. The highest BCUT2D eigenvalue weighted by Crippen LogP contribution is 2.34. The first-order valence-electron chi connectivity index (χ1n) is 6.09. The van der Waals surface area contributed by atoms with Crippen molar-refractivity contribution in [1.29, 1.82) is 0 Å². The predicted octanol–water partition coefficient (Wildman–Crippen LogP) is 3.88. The molecule has 1 N–H and O–H groups in total. The summed E-state index contributed by atoms with van der Waals surface area (Å²) >= 11 is 0. The Morgan fingerprint density at radius 1 is 1.05 bits per heavy atom. The number of para-hydroxylation sites is 1. The summed E-state index contributed by atoms with van der Waals surface area (Å²) in [5.74, 6) is 1.67. The minimum Gasteiger partial charge on any atom is -0.457 e. The van der Waals surface area contributed by atoms with Gasteiger partial charge < -0.3 is 9.94 Å². The molecule has 0 aromatic heterocycles. The Hall–Kier alpha value is -2.55. The third-order valence-corrected chi connectivity index (χ3v) is 3.09. The normalized spacial score (nSPS) is 13.4. The standard InChI is InChI=1S/C16H13NO2/c18-17-11-12-9-13-5-4-8-16(15(13)10-12)19-14-6-2-1-3-7-14/h1-9,11,18H,10H2/b17-11+. The molecule has 0 bridgehead atoms. The van der Waals surface area contributed by atoms with Gasteiger partial charge in [0, 0.05) is 12.0 Å². The summed E-state index contributed by atoms with van der Waals surface area (Å²) in [6.45, 7) is 0. The van der Waals surface area contributed by atoms with Gasteiger partial charge in [-0.1, -0.05) is 35.5 Å². The number of benzene rings is 2. The van der Waals surface area contributed by atoms with Crippen LogP contribution >= 0.6 is 0 Å². The summed E-state index contributed by atoms with van der Waals surface area (Å²) in [5.41, 5.74) is 3.21. The molecule has 0 saturated carbocycles. The van der Waals surface area contributed by atoms with Crippen molar-refractivity contribution >= 4 is 12.3 Å². The molecule has 1 aliphatic rings. The van der Waals surface area contributed by atoms with Crippen molar-refractivity contribution in [3.8, 4) is 11.5 Å². The largest absolute Gasteiger partial charge is 0.457 e. The number of oxime groups is 1. The predicted molar refractivity (Wildman–Crippen MR) is 74.9 cm³/mol. The molecule has 3 rings (SSSR count). The lowest BCUT2D eigenvalue weighted by molar-refractivity contribution is 0.321. The lowest BCUT2D eigenvalue weighted by atomic mass is 10.1. The molecule has 0 amide bonds. The Morgan fingerprint density at radius 3 is 2.68 bits per heavy atom. The van der Waals surface area contributed by atoms with Crippen LogP contribution in [0.25, 0.3) is 6.08 Å². The zero-order chi connectivity index (χ0) is 13.1. The second-order valence-corrected chi connectivity index (χ2v) is 4.38. The molecule has 0 atom stereocenters. The number of nitrogens with zero attached hydrogens (tertiary/aromatic N) is 1. The Labute approximate surface area is 111 Å². The molecular weight excluding hydrogens is 238 g/mol. The highest BCUT2D eigenvalue weighted by molar-refractivity contribution is 5.90.